The number of rotatable bonds is 9. The molecule has 0 saturated heterocycles. The summed E-state index contributed by atoms with van der Waals surface area (Å²) in [4.78, 5) is 1.19. The average molecular weight is 299 g/mol. The van der Waals surface area contributed by atoms with E-state index in [1.807, 2.05) is 19.1 Å². The van der Waals surface area contributed by atoms with Gasteiger partial charge in [0, 0.05) is 11.4 Å². The number of methoxy groups -OCH3 is 2. The maximum absolute atomic E-state index is 9.22. The lowest BCUT2D eigenvalue weighted by atomic mass is 10.2. The highest BCUT2D eigenvalue weighted by atomic mass is 32.2. The van der Waals surface area contributed by atoms with Crippen LogP contribution in [0.2, 0.25) is 0 Å². The Morgan fingerprint density at radius 3 is 2.45 bits per heavy atom. The Morgan fingerprint density at radius 2 is 1.90 bits per heavy atom. The second-order valence-corrected chi connectivity index (χ2v) is 5.54. The van der Waals surface area contributed by atoms with Gasteiger partial charge in [-0.2, -0.15) is 0 Å². The van der Waals surface area contributed by atoms with Crippen LogP contribution in [0.5, 0.6) is 11.5 Å². The molecule has 4 nitrogen and oxygen atoms in total. The zero-order chi connectivity index (χ0) is 15.0. The first-order valence-corrected chi connectivity index (χ1v) is 8.02. The van der Waals surface area contributed by atoms with Crippen LogP contribution >= 0.6 is 11.8 Å². The van der Waals surface area contributed by atoms with Gasteiger partial charge in [0.25, 0.3) is 0 Å². The van der Waals surface area contributed by atoms with Gasteiger partial charge >= 0.3 is 0 Å². The Kier molecular flexibility index (Phi) is 7.80. The highest BCUT2D eigenvalue weighted by Gasteiger charge is 2.10. The summed E-state index contributed by atoms with van der Waals surface area (Å²) < 4.78 is 10.7. The van der Waals surface area contributed by atoms with Gasteiger partial charge in [-0.1, -0.05) is 0 Å². The number of benzene rings is 1. The molecule has 0 aliphatic heterocycles. The van der Waals surface area contributed by atoms with Gasteiger partial charge in [0.2, 0.25) is 0 Å². The third-order valence-corrected chi connectivity index (χ3v) is 3.90. The van der Waals surface area contributed by atoms with E-state index in [2.05, 4.69) is 11.6 Å². The quantitative estimate of drug-likeness (QED) is 0.542. The minimum Gasteiger partial charge on any atom is -0.493 e. The van der Waals surface area contributed by atoms with Gasteiger partial charge in [-0.25, -0.2) is 0 Å². The molecule has 0 aliphatic rings. The molecule has 2 N–H and O–H groups in total. The fourth-order valence-electron chi connectivity index (χ4n) is 1.98. The van der Waals surface area contributed by atoms with Gasteiger partial charge < -0.3 is 19.9 Å². The molecule has 1 aromatic carbocycles. The lowest BCUT2D eigenvalue weighted by molar-refractivity contribution is 0.181. The van der Waals surface area contributed by atoms with Crippen molar-refractivity contribution in [1.29, 1.82) is 0 Å². The van der Waals surface area contributed by atoms with Crippen LogP contribution < -0.4 is 14.8 Å². The van der Waals surface area contributed by atoms with Gasteiger partial charge in [-0.15, -0.1) is 11.8 Å². The van der Waals surface area contributed by atoms with Crippen molar-refractivity contribution in [2.24, 2.45) is 0 Å². The molecule has 0 heterocycles. The van der Waals surface area contributed by atoms with Crippen molar-refractivity contribution in [2.45, 2.75) is 37.3 Å². The van der Waals surface area contributed by atoms with Crippen LogP contribution in [0.4, 0.5) is 0 Å². The van der Waals surface area contributed by atoms with E-state index in [0.717, 1.165) is 37.4 Å². The van der Waals surface area contributed by atoms with Crippen molar-refractivity contribution in [3.63, 3.8) is 0 Å². The fourth-order valence-corrected chi connectivity index (χ4v) is 2.59. The van der Waals surface area contributed by atoms with E-state index in [9.17, 15) is 5.11 Å². The second-order valence-electron chi connectivity index (χ2n) is 4.69. The van der Waals surface area contributed by atoms with E-state index >= 15 is 0 Å². The first kappa shape index (κ1) is 17.1. The molecular weight excluding hydrogens is 274 g/mol. The summed E-state index contributed by atoms with van der Waals surface area (Å²) in [7, 11) is 3.30. The third kappa shape index (κ3) is 5.23. The topological polar surface area (TPSA) is 50.7 Å². The second kappa shape index (κ2) is 9.10. The average Bonchev–Trinajstić information content (AvgIpc) is 2.45. The SMILES string of the molecule is COc1cc(CNCCCC(C)O)c(SC)cc1OC. The summed E-state index contributed by atoms with van der Waals surface area (Å²) >= 11 is 1.70. The molecule has 5 heteroatoms. The molecule has 0 bridgehead atoms. The smallest absolute Gasteiger partial charge is 0.161 e. The van der Waals surface area contributed by atoms with E-state index in [1.54, 1.807) is 26.0 Å². The van der Waals surface area contributed by atoms with Crippen LogP contribution in [-0.2, 0) is 6.54 Å². The Balaban J connectivity index is 2.63. The molecule has 20 heavy (non-hydrogen) atoms. The van der Waals surface area contributed by atoms with E-state index in [4.69, 9.17) is 9.47 Å². The van der Waals surface area contributed by atoms with Crippen LogP contribution in [0.3, 0.4) is 0 Å². The maximum Gasteiger partial charge on any atom is 0.161 e. The van der Waals surface area contributed by atoms with Crippen LogP contribution in [0.1, 0.15) is 25.3 Å². The maximum atomic E-state index is 9.22. The number of aliphatic hydroxyl groups is 1. The lowest BCUT2D eigenvalue weighted by Gasteiger charge is -2.14. The number of nitrogens with one attached hydrogen (secondary N) is 1. The first-order valence-electron chi connectivity index (χ1n) is 6.80. The molecular formula is C15H25NO3S. The first-order chi connectivity index (χ1) is 9.62. The molecule has 0 aromatic heterocycles. The van der Waals surface area contributed by atoms with E-state index in [0.29, 0.717) is 0 Å². The molecule has 0 spiro atoms. The number of hydrogen-bond acceptors (Lipinski definition) is 5. The molecule has 0 amide bonds. The van der Waals surface area contributed by atoms with E-state index in [1.165, 1.54) is 10.5 Å². The van der Waals surface area contributed by atoms with Gasteiger partial charge in [0.15, 0.2) is 11.5 Å². The predicted octanol–water partition coefficient (Wildman–Crippen LogP) is 2.68. The number of thioether (sulfide) groups is 1. The number of ether oxygens (including phenoxy) is 2. The highest BCUT2D eigenvalue weighted by Crippen LogP contribution is 2.34. The van der Waals surface area contributed by atoms with Crippen LogP contribution in [0, 0.1) is 0 Å². The van der Waals surface area contributed by atoms with Crippen molar-refractivity contribution in [2.75, 3.05) is 27.0 Å². The minimum absolute atomic E-state index is 0.223. The third-order valence-electron chi connectivity index (χ3n) is 3.08. The van der Waals surface area contributed by atoms with E-state index < -0.39 is 0 Å². The zero-order valence-corrected chi connectivity index (χ0v) is 13.5. The summed E-state index contributed by atoms with van der Waals surface area (Å²) in [5.74, 6) is 1.51. The van der Waals surface area contributed by atoms with Crippen molar-refractivity contribution >= 4 is 11.8 Å². The lowest BCUT2D eigenvalue weighted by Crippen LogP contribution is -2.16. The fraction of sp³-hybridized carbons (Fsp3) is 0.600. The Hall–Kier alpha value is -0.910. The zero-order valence-electron chi connectivity index (χ0n) is 12.7. The highest BCUT2D eigenvalue weighted by molar-refractivity contribution is 7.98. The van der Waals surface area contributed by atoms with Gasteiger partial charge in [0.1, 0.15) is 0 Å². The van der Waals surface area contributed by atoms with Crippen molar-refractivity contribution < 1.29 is 14.6 Å². The summed E-state index contributed by atoms with van der Waals surface area (Å²) in [5.41, 5.74) is 1.20. The predicted molar refractivity (Wildman–Crippen MR) is 83.9 cm³/mol. The number of hydrogen-bond donors (Lipinski definition) is 2. The largest absolute Gasteiger partial charge is 0.493 e. The van der Waals surface area contributed by atoms with Crippen molar-refractivity contribution in [3.8, 4) is 11.5 Å². The molecule has 0 fully saturated rings. The van der Waals surface area contributed by atoms with Crippen LogP contribution in [0.25, 0.3) is 0 Å². The molecule has 114 valence electrons. The number of aliphatic hydroxyl groups excluding tert-OH is 1. The molecule has 1 aromatic rings. The van der Waals surface area contributed by atoms with Gasteiger partial charge in [0.05, 0.1) is 20.3 Å². The molecule has 1 atom stereocenters. The monoisotopic (exact) mass is 299 g/mol. The molecule has 0 radical (unpaired) electrons. The summed E-state index contributed by atoms with van der Waals surface area (Å²) in [6, 6.07) is 4.03. The van der Waals surface area contributed by atoms with Crippen molar-refractivity contribution in [1.82, 2.24) is 5.32 Å². The Labute approximate surface area is 125 Å². The molecule has 1 unspecified atom stereocenters. The molecule has 0 aliphatic carbocycles. The van der Waals surface area contributed by atoms with Gasteiger partial charge in [-0.3, -0.25) is 0 Å². The Morgan fingerprint density at radius 1 is 1.25 bits per heavy atom. The summed E-state index contributed by atoms with van der Waals surface area (Å²) in [6.07, 6.45) is 3.63. The van der Waals surface area contributed by atoms with Crippen molar-refractivity contribution in [3.05, 3.63) is 17.7 Å². The molecule has 1 rings (SSSR count). The van der Waals surface area contributed by atoms with E-state index in [-0.39, 0.29) is 6.10 Å². The standard InChI is InChI=1S/C15H25NO3S/c1-11(17)6-5-7-16-10-12-8-13(18-2)14(19-3)9-15(12)20-4/h8-9,11,16-17H,5-7,10H2,1-4H3. The summed E-state index contributed by atoms with van der Waals surface area (Å²) in [5, 5.41) is 12.6. The summed E-state index contributed by atoms with van der Waals surface area (Å²) in [6.45, 7) is 3.50. The molecule has 0 saturated carbocycles. The minimum atomic E-state index is -0.223. The normalized spacial score (nSPS) is 12.2. The van der Waals surface area contributed by atoms with Gasteiger partial charge in [-0.05, 0) is 50.3 Å². The Bertz CT molecular complexity index is 410. The van der Waals surface area contributed by atoms with Crippen LogP contribution in [-0.4, -0.2) is 38.2 Å². The van der Waals surface area contributed by atoms with Crippen LogP contribution in [0.15, 0.2) is 17.0 Å².